The van der Waals surface area contributed by atoms with E-state index >= 15 is 0 Å². The zero-order chi connectivity index (χ0) is 18.2. The van der Waals surface area contributed by atoms with E-state index in [4.69, 9.17) is 9.47 Å². The average molecular weight is 350 g/mol. The third-order valence-electron chi connectivity index (χ3n) is 7.17. The summed E-state index contributed by atoms with van der Waals surface area (Å²) in [6.45, 7) is 8.36. The topological polar surface area (TPSA) is 52.6 Å². The molecule has 142 valence electrons. The van der Waals surface area contributed by atoms with Gasteiger partial charge in [-0.05, 0) is 68.1 Å². The van der Waals surface area contributed by atoms with Crippen molar-refractivity contribution in [3.63, 3.8) is 0 Å². The molecule has 4 bridgehead atoms. The zero-order valence-electron chi connectivity index (χ0n) is 16.3. The second kappa shape index (κ2) is 7.28. The van der Waals surface area contributed by atoms with E-state index in [1.165, 1.54) is 32.1 Å². The minimum atomic E-state index is -0.286. The predicted molar refractivity (Wildman–Crippen MR) is 95.7 cm³/mol. The van der Waals surface area contributed by atoms with Gasteiger partial charge in [0, 0.05) is 0 Å². The van der Waals surface area contributed by atoms with Gasteiger partial charge in [-0.3, -0.25) is 9.59 Å². The largest absolute Gasteiger partial charge is 0.465 e. The Hall–Kier alpha value is -1.06. The Morgan fingerprint density at radius 1 is 1.00 bits per heavy atom. The molecule has 4 nitrogen and oxygen atoms in total. The van der Waals surface area contributed by atoms with Crippen LogP contribution in [0.25, 0.3) is 0 Å². The van der Waals surface area contributed by atoms with E-state index in [0.717, 1.165) is 18.3 Å². The molecular weight excluding hydrogens is 316 g/mol. The molecule has 0 amide bonds. The van der Waals surface area contributed by atoms with Crippen molar-refractivity contribution in [1.82, 2.24) is 0 Å². The molecule has 4 fully saturated rings. The molecule has 4 rings (SSSR count). The van der Waals surface area contributed by atoms with Crippen molar-refractivity contribution in [2.24, 2.45) is 35.5 Å². The summed E-state index contributed by atoms with van der Waals surface area (Å²) < 4.78 is 11.4. The Morgan fingerprint density at radius 3 is 2.04 bits per heavy atom. The predicted octanol–water partition coefficient (Wildman–Crippen LogP) is 4.36. The van der Waals surface area contributed by atoms with Gasteiger partial charge in [-0.15, -0.1) is 0 Å². The summed E-state index contributed by atoms with van der Waals surface area (Å²) >= 11 is 0. The fraction of sp³-hybridized carbons (Fsp3) is 0.905. The summed E-state index contributed by atoms with van der Waals surface area (Å²) in [5, 5.41) is 0. The fourth-order valence-electron chi connectivity index (χ4n) is 5.94. The van der Waals surface area contributed by atoms with Crippen LogP contribution < -0.4 is 0 Å². The molecule has 1 unspecified atom stereocenters. The quantitative estimate of drug-likeness (QED) is 0.640. The molecule has 1 atom stereocenters. The number of rotatable bonds is 7. The maximum absolute atomic E-state index is 12.6. The summed E-state index contributed by atoms with van der Waals surface area (Å²) in [7, 11) is 0. The summed E-state index contributed by atoms with van der Waals surface area (Å²) in [5.41, 5.74) is -0.286. The molecular formula is C21H34O4. The van der Waals surface area contributed by atoms with E-state index in [2.05, 4.69) is 13.8 Å². The van der Waals surface area contributed by atoms with Gasteiger partial charge < -0.3 is 9.47 Å². The molecule has 0 spiro atoms. The van der Waals surface area contributed by atoms with Gasteiger partial charge >= 0.3 is 11.9 Å². The van der Waals surface area contributed by atoms with E-state index in [9.17, 15) is 9.59 Å². The number of carbonyl (C=O) groups excluding carboxylic acids is 2. The number of ether oxygens (including phenoxy) is 2. The van der Waals surface area contributed by atoms with Crippen LogP contribution in [-0.2, 0) is 19.1 Å². The summed E-state index contributed by atoms with van der Waals surface area (Å²) in [5.74, 6) is 2.57. The van der Waals surface area contributed by atoms with Gasteiger partial charge in [0.1, 0.15) is 12.2 Å². The Balaban J connectivity index is 1.59. The van der Waals surface area contributed by atoms with Gasteiger partial charge in [-0.1, -0.05) is 27.7 Å². The Labute approximate surface area is 152 Å². The first kappa shape index (κ1) is 18.7. The van der Waals surface area contributed by atoms with Crippen LogP contribution in [-0.4, -0.2) is 24.1 Å². The Kier molecular flexibility index (Phi) is 5.45. The van der Waals surface area contributed by atoms with Gasteiger partial charge in [0.15, 0.2) is 0 Å². The number of carbonyl (C=O) groups is 2. The first-order valence-corrected chi connectivity index (χ1v) is 10.2. The molecule has 0 aliphatic heterocycles. The molecule has 0 heterocycles. The van der Waals surface area contributed by atoms with Crippen molar-refractivity contribution >= 4 is 11.9 Å². The highest BCUT2D eigenvalue weighted by Gasteiger charge is 2.60. The van der Waals surface area contributed by atoms with Crippen LogP contribution in [0.2, 0.25) is 0 Å². The molecule has 4 saturated carbocycles. The highest BCUT2D eigenvalue weighted by molar-refractivity contribution is 5.73. The highest BCUT2D eigenvalue weighted by atomic mass is 16.6. The second-order valence-corrected chi connectivity index (χ2v) is 9.01. The first-order valence-electron chi connectivity index (χ1n) is 10.2. The van der Waals surface area contributed by atoms with Crippen LogP contribution in [0.5, 0.6) is 0 Å². The van der Waals surface area contributed by atoms with Gasteiger partial charge in [0.25, 0.3) is 0 Å². The molecule has 4 aliphatic carbocycles. The molecule has 0 aromatic heterocycles. The van der Waals surface area contributed by atoms with E-state index in [1.54, 1.807) is 0 Å². The van der Waals surface area contributed by atoms with Crippen LogP contribution >= 0.6 is 0 Å². The second-order valence-electron chi connectivity index (χ2n) is 9.01. The van der Waals surface area contributed by atoms with Crippen molar-refractivity contribution in [2.45, 2.75) is 78.2 Å². The minimum absolute atomic E-state index is 0.109. The molecule has 25 heavy (non-hydrogen) atoms. The molecule has 0 N–H and O–H groups in total. The normalized spacial score (nSPS) is 37.2. The average Bonchev–Trinajstić information content (AvgIpc) is 2.56. The van der Waals surface area contributed by atoms with Crippen LogP contribution in [0, 0.1) is 35.5 Å². The Bertz CT molecular complexity index is 482. The Morgan fingerprint density at radius 2 is 1.56 bits per heavy atom. The van der Waals surface area contributed by atoms with Crippen molar-refractivity contribution < 1.29 is 19.1 Å². The highest BCUT2D eigenvalue weighted by Crippen LogP contribution is 2.61. The van der Waals surface area contributed by atoms with E-state index in [-0.39, 0.29) is 36.5 Å². The van der Waals surface area contributed by atoms with Crippen LogP contribution in [0.1, 0.15) is 72.6 Å². The molecule has 0 aromatic carbocycles. The maximum Gasteiger partial charge on any atom is 0.309 e. The summed E-state index contributed by atoms with van der Waals surface area (Å²) in [6.07, 6.45) is 7.21. The lowest BCUT2D eigenvalue weighted by atomic mass is 9.47. The lowest BCUT2D eigenvalue weighted by Crippen LogP contribution is -2.62. The smallest absolute Gasteiger partial charge is 0.309 e. The van der Waals surface area contributed by atoms with Gasteiger partial charge in [0.2, 0.25) is 0 Å². The van der Waals surface area contributed by atoms with Crippen molar-refractivity contribution in [1.29, 1.82) is 0 Å². The van der Waals surface area contributed by atoms with Gasteiger partial charge in [-0.2, -0.15) is 0 Å². The van der Waals surface area contributed by atoms with E-state index in [1.807, 2.05) is 13.8 Å². The van der Waals surface area contributed by atoms with E-state index < -0.39 is 0 Å². The first-order chi connectivity index (χ1) is 11.9. The van der Waals surface area contributed by atoms with Crippen molar-refractivity contribution in [2.75, 3.05) is 6.61 Å². The van der Waals surface area contributed by atoms with Crippen LogP contribution in [0.3, 0.4) is 0 Å². The summed E-state index contributed by atoms with van der Waals surface area (Å²) in [6, 6.07) is 0. The van der Waals surface area contributed by atoms with E-state index in [0.29, 0.717) is 17.8 Å². The number of esters is 2. The monoisotopic (exact) mass is 350 g/mol. The minimum Gasteiger partial charge on any atom is -0.465 e. The molecule has 0 saturated heterocycles. The lowest BCUT2D eigenvalue weighted by molar-refractivity contribution is -0.225. The molecule has 4 heteroatoms. The SMILES string of the molecule is CCC(C)C(=O)OCCC(=O)OC1(C(C)C)C2CC3CC(C2)CC1C3. The third-order valence-corrected chi connectivity index (χ3v) is 7.17. The molecule has 0 aromatic rings. The van der Waals surface area contributed by atoms with Gasteiger partial charge in [0.05, 0.1) is 12.3 Å². The van der Waals surface area contributed by atoms with Crippen molar-refractivity contribution in [3.05, 3.63) is 0 Å². The third kappa shape index (κ3) is 3.46. The number of hydrogen-bond acceptors (Lipinski definition) is 4. The zero-order valence-corrected chi connectivity index (χ0v) is 16.3. The molecule has 4 aliphatic rings. The van der Waals surface area contributed by atoms with Gasteiger partial charge in [-0.25, -0.2) is 0 Å². The standard InChI is InChI=1S/C21H34O4/c1-5-14(4)20(23)24-7-6-19(22)25-21(13(2)3)17-9-15-8-16(11-17)12-18(21)10-15/h13-18H,5-12H2,1-4H3. The van der Waals surface area contributed by atoms with Crippen molar-refractivity contribution in [3.8, 4) is 0 Å². The van der Waals surface area contributed by atoms with Crippen LogP contribution in [0.4, 0.5) is 0 Å². The molecule has 0 radical (unpaired) electrons. The van der Waals surface area contributed by atoms with Crippen LogP contribution in [0.15, 0.2) is 0 Å². The maximum atomic E-state index is 12.6. The number of hydrogen-bond donors (Lipinski definition) is 0. The summed E-state index contributed by atoms with van der Waals surface area (Å²) in [4.78, 5) is 24.3. The fourth-order valence-corrected chi connectivity index (χ4v) is 5.94. The lowest BCUT2D eigenvalue weighted by Gasteiger charge is -2.61.